The van der Waals surface area contributed by atoms with Crippen molar-refractivity contribution in [3.8, 4) is 34.8 Å². The molecule has 0 spiro atoms. The average Bonchev–Trinajstić information content (AvgIpc) is 2.83. The number of methoxy groups -OCH3 is 1. The Labute approximate surface area is 190 Å². The van der Waals surface area contributed by atoms with Crippen LogP contribution in [-0.4, -0.2) is 31.2 Å². The summed E-state index contributed by atoms with van der Waals surface area (Å²) in [7, 11) is 1.41. The van der Waals surface area contributed by atoms with Crippen molar-refractivity contribution in [2.75, 3.05) is 26.0 Å². The van der Waals surface area contributed by atoms with Crippen LogP contribution in [0.2, 0.25) is 0 Å². The van der Waals surface area contributed by atoms with Gasteiger partial charge in [-0.2, -0.15) is 10.5 Å². The molecule has 33 heavy (non-hydrogen) atoms. The van der Waals surface area contributed by atoms with Crippen LogP contribution in [0.4, 0.5) is 5.82 Å². The first kappa shape index (κ1) is 22.9. The van der Waals surface area contributed by atoms with Gasteiger partial charge < -0.3 is 25.5 Å². The second-order valence-electron chi connectivity index (χ2n) is 6.96. The molecular weight excluding hydrogens is 422 g/mol. The van der Waals surface area contributed by atoms with E-state index in [-0.39, 0.29) is 46.5 Å². The number of nitrogens with two attached hydrogens (primary N) is 1. The molecule has 0 saturated heterocycles. The monoisotopic (exact) mass is 443 g/mol. The van der Waals surface area contributed by atoms with Gasteiger partial charge in [-0.05, 0) is 29.7 Å². The quantitative estimate of drug-likeness (QED) is 0.482. The summed E-state index contributed by atoms with van der Waals surface area (Å²) in [5, 5.41) is 21.7. The maximum absolute atomic E-state index is 12.1. The Balaban J connectivity index is 1.75. The number of ether oxygens (including phenoxy) is 2. The van der Waals surface area contributed by atoms with E-state index in [0.29, 0.717) is 18.5 Å². The minimum Gasteiger partial charge on any atom is -0.493 e. The van der Waals surface area contributed by atoms with Crippen LogP contribution in [0, 0.1) is 22.7 Å². The van der Waals surface area contributed by atoms with Gasteiger partial charge in [-0.3, -0.25) is 9.59 Å². The fourth-order valence-electron chi connectivity index (χ4n) is 3.26. The highest BCUT2D eigenvalue weighted by atomic mass is 16.5. The van der Waals surface area contributed by atoms with Crippen molar-refractivity contribution in [1.82, 2.24) is 10.3 Å². The fraction of sp³-hybridized carbons (Fsp3) is 0.167. The van der Waals surface area contributed by atoms with Crippen molar-refractivity contribution in [3.05, 3.63) is 75.6 Å². The lowest BCUT2D eigenvalue weighted by Crippen LogP contribution is -2.30. The van der Waals surface area contributed by atoms with Gasteiger partial charge in [-0.25, -0.2) is 0 Å². The van der Waals surface area contributed by atoms with Crippen molar-refractivity contribution in [3.63, 3.8) is 0 Å². The summed E-state index contributed by atoms with van der Waals surface area (Å²) in [5.41, 5.74) is 6.39. The summed E-state index contributed by atoms with van der Waals surface area (Å²) in [6.45, 7) is 0.246. The molecular formula is C24H21N5O4. The van der Waals surface area contributed by atoms with Gasteiger partial charge in [0.25, 0.3) is 11.5 Å². The smallest absolute Gasteiger partial charge is 0.268 e. The van der Waals surface area contributed by atoms with E-state index in [1.807, 2.05) is 42.5 Å². The number of carbonyl (C=O) groups is 1. The van der Waals surface area contributed by atoms with Crippen LogP contribution >= 0.6 is 0 Å². The molecule has 3 rings (SSSR count). The van der Waals surface area contributed by atoms with Crippen molar-refractivity contribution in [1.29, 1.82) is 10.5 Å². The number of anilines is 1. The maximum atomic E-state index is 12.1. The first-order valence-electron chi connectivity index (χ1n) is 9.96. The van der Waals surface area contributed by atoms with Gasteiger partial charge in [0.2, 0.25) is 0 Å². The highest BCUT2D eigenvalue weighted by Gasteiger charge is 2.20. The molecule has 9 nitrogen and oxygen atoms in total. The van der Waals surface area contributed by atoms with Gasteiger partial charge in [0.05, 0.1) is 7.11 Å². The largest absolute Gasteiger partial charge is 0.493 e. The first-order valence-corrected chi connectivity index (χ1v) is 9.96. The molecule has 2 aromatic carbocycles. The number of rotatable bonds is 8. The summed E-state index contributed by atoms with van der Waals surface area (Å²) in [4.78, 5) is 26.6. The molecule has 3 aromatic rings. The molecule has 9 heteroatoms. The van der Waals surface area contributed by atoms with E-state index in [9.17, 15) is 20.1 Å². The summed E-state index contributed by atoms with van der Waals surface area (Å²) < 4.78 is 10.9. The van der Waals surface area contributed by atoms with Crippen molar-refractivity contribution in [2.24, 2.45) is 0 Å². The van der Waals surface area contributed by atoms with Gasteiger partial charge in [-0.1, -0.05) is 36.4 Å². The fourth-order valence-corrected chi connectivity index (χ4v) is 3.26. The molecule has 0 unspecified atom stereocenters. The molecule has 1 aromatic heterocycles. The first-order chi connectivity index (χ1) is 16.0. The Hall–Kier alpha value is -4.76. The van der Waals surface area contributed by atoms with Crippen molar-refractivity contribution in [2.45, 2.75) is 6.42 Å². The number of H-pyrrole nitrogens is 1. The Bertz CT molecular complexity index is 1300. The van der Waals surface area contributed by atoms with Gasteiger partial charge in [0.1, 0.15) is 29.1 Å². The van der Waals surface area contributed by atoms with Gasteiger partial charge in [0.15, 0.2) is 18.1 Å². The number of nitrogens with zero attached hydrogens (tertiary/aromatic N) is 2. The number of amides is 1. The normalized spacial score (nSPS) is 10.0. The molecule has 1 heterocycles. The number of hydrogen-bond acceptors (Lipinski definition) is 7. The number of pyridine rings is 1. The minimum absolute atomic E-state index is 0.0281. The molecule has 0 aliphatic carbocycles. The molecule has 0 bridgehead atoms. The van der Waals surface area contributed by atoms with E-state index < -0.39 is 5.56 Å². The second-order valence-corrected chi connectivity index (χ2v) is 6.96. The van der Waals surface area contributed by atoms with Crippen LogP contribution in [-0.2, 0) is 11.2 Å². The number of carbonyl (C=O) groups excluding carboxylic acids is 1. The van der Waals surface area contributed by atoms with E-state index in [4.69, 9.17) is 15.2 Å². The Morgan fingerprint density at radius 2 is 1.82 bits per heavy atom. The molecule has 0 fully saturated rings. The SMILES string of the molecule is COc1cc(-c2c(C#N)c(N)[nH]c(=O)c2C#N)ccc1OCC(=O)NCCc1ccccc1. The lowest BCUT2D eigenvalue weighted by atomic mass is 9.96. The number of benzene rings is 2. The van der Waals surface area contributed by atoms with Gasteiger partial charge >= 0.3 is 0 Å². The van der Waals surface area contributed by atoms with Gasteiger partial charge in [-0.15, -0.1) is 0 Å². The zero-order valence-electron chi connectivity index (χ0n) is 17.8. The minimum atomic E-state index is -0.699. The summed E-state index contributed by atoms with van der Waals surface area (Å²) in [5.74, 6) is 0.117. The number of nitrogens with one attached hydrogen (secondary N) is 2. The Morgan fingerprint density at radius 1 is 1.09 bits per heavy atom. The predicted octanol–water partition coefficient (Wildman–Crippen LogP) is 2.11. The number of aromatic nitrogens is 1. The number of hydrogen-bond donors (Lipinski definition) is 3. The Kier molecular flexibility index (Phi) is 7.30. The zero-order valence-corrected chi connectivity index (χ0v) is 17.8. The Morgan fingerprint density at radius 3 is 2.48 bits per heavy atom. The third kappa shape index (κ3) is 5.30. The summed E-state index contributed by atoms with van der Waals surface area (Å²) in [6, 6.07) is 18.1. The van der Waals surface area contributed by atoms with Crippen LogP contribution in [0.1, 0.15) is 16.7 Å². The third-order valence-corrected chi connectivity index (χ3v) is 4.86. The average molecular weight is 443 g/mol. The lowest BCUT2D eigenvalue weighted by Gasteiger charge is -2.14. The van der Waals surface area contributed by atoms with E-state index >= 15 is 0 Å². The van der Waals surface area contributed by atoms with Crippen LogP contribution in [0.15, 0.2) is 53.3 Å². The van der Waals surface area contributed by atoms with E-state index in [2.05, 4.69) is 10.3 Å². The zero-order chi connectivity index (χ0) is 23.8. The standard InChI is InChI=1S/C24H21N5O4/c1-32-20-11-16(22-17(12-25)23(27)29-24(31)18(22)13-26)7-8-19(20)33-14-21(30)28-10-9-15-5-3-2-4-6-15/h2-8,11H,9-10,14H2,1H3,(H,28,30)(H3,27,29,31). The predicted molar refractivity (Wildman–Crippen MR) is 122 cm³/mol. The van der Waals surface area contributed by atoms with Crippen molar-refractivity contribution >= 4 is 11.7 Å². The molecule has 1 amide bonds. The molecule has 0 saturated carbocycles. The highest BCUT2D eigenvalue weighted by Crippen LogP contribution is 2.35. The highest BCUT2D eigenvalue weighted by molar-refractivity contribution is 5.81. The van der Waals surface area contributed by atoms with Gasteiger partial charge in [0, 0.05) is 12.1 Å². The molecule has 0 atom stereocenters. The third-order valence-electron chi connectivity index (χ3n) is 4.86. The second kappa shape index (κ2) is 10.5. The van der Waals surface area contributed by atoms with E-state index in [1.165, 1.54) is 19.2 Å². The molecule has 0 aliphatic rings. The molecule has 0 radical (unpaired) electrons. The van der Waals surface area contributed by atoms with Crippen LogP contribution in [0.25, 0.3) is 11.1 Å². The lowest BCUT2D eigenvalue weighted by molar-refractivity contribution is -0.123. The molecule has 166 valence electrons. The van der Waals surface area contributed by atoms with Crippen LogP contribution in [0.5, 0.6) is 11.5 Å². The number of nitriles is 2. The molecule has 4 N–H and O–H groups in total. The number of aromatic amines is 1. The van der Waals surface area contributed by atoms with E-state index in [0.717, 1.165) is 5.56 Å². The maximum Gasteiger partial charge on any atom is 0.268 e. The van der Waals surface area contributed by atoms with Crippen LogP contribution < -0.4 is 26.1 Å². The summed E-state index contributed by atoms with van der Waals surface area (Å²) >= 11 is 0. The van der Waals surface area contributed by atoms with Crippen molar-refractivity contribution < 1.29 is 14.3 Å². The number of nitrogen functional groups attached to an aromatic ring is 1. The van der Waals surface area contributed by atoms with E-state index in [1.54, 1.807) is 6.07 Å². The molecule has 0 aliphatic heterocycles. The topological polar surface area (TPSA) is 154 Å². The van der Waals surface area contributed by atoms with Crippen LogP contribution in [0.3, 0.4) is 0 Å². The summed E-state index contributed by atoms with van der Waals surface area (Å²) in [6.07, 6.45) is 0.701.